The average Bonchev–Trinajstić information content (AvgIpc) is 3.64. The Balaban J connectivity index is 1.16. The van der Waals surface area contributed by atoms with Gasteiger partial charge in [-0.2, -0.15) is 0 Å². The first-order chi connectivity index (χ1) is 24.5. The van der Waals surface area contributed by atoms with Crippen molar-refractivity contribution >= 4 is 65.0 Å². The summed E-state index contributed by atoms with van der Waals surface area (Å²) in [6.07, 6.45) is 0. The van der Waals surface area contributed by atoms with Gasteiger partial charge in [-0.15, -0.1) is 0 Å². The molecule has 0 bridgehead atoms. The fraction of sp³-hybridized carbons (Fsp3) is 0.0612. The lowest BCUT2D eigenvalue weighted by atomic mass is 9.81. The van der Waals surface area contributed by atoms with E-state index in [0.717, 1.165) is 21.9 Å². The van der Waals surface area contributed by atoms with Gasteiger partial charge in [0.15, 0.2) is 0 Å². The zero-order chi connectivity index (χ0) is 33.1. The van der Waals surface area contributed by atoms with Gasteiger partial charge in [0.25, 0.3) is 0 Å². The largest absolute Gasteiger partial charge is 0.456 e. The van der Waals surface area contributed by atoms with Crippen LogP contribution in [0.25, 0.3) is 98.4 Å². The quantitative estimate of drug-likeness (QED) is 0.136. The van der Waals surface area contributed by atoms with E-state index in [1.807, 2.05) is 12.1 Å². The number of benzene rings is 9. The number of hydrogen-bond donors (Lipinski definition) is 0. The Morgan fingerprint density at radius 2 is 1.02 bits per heavy atom. The van der Waals surface area contributed by atoms with Crippen molar-refractivity contribution in [3.05, 3.63) is 169 Å². The van der Waals surface area contributed by atoms with E-state index in [9.17, 15) is 0 Å². The van der Waals surface area contributed by atoms with Crippen molar-refractivity contribution < 1.29 is 4.42 Å². The normalized spacial score (nSPS) is 13.6. The predicted octanol–water partition coefficient (Wildman–Crippen LogP) is 13.8. The summed E-state index contributed by atoms with van der Waals surface area (Å²) in [6.45, 7) is 4.75. The SMILES string of the molecule is CC1(C)c2ccc(-c3c4ccccc4cc4c3ccc3ccccc34)cc2-c2c1ccc1c(-c3ccc4c(c3)oc3ccccc34)cccc21. The molecule has 0 unspecified atom stereocenters. The van der Waals surface area contributed by atoms with E-state index in [4.69, 9.17) is 4.42 Å². The van der Waals surface area contributed by atoms with E-state index >= 15 is 0 Å². The maximum atomic E-state index is 6.31. The van der Waals surface area contributed by atoms with Gasteiger partial charge in [-0.1, -0.05) is 141 Å². The monoisotopic (exact) mass is 636 g/mol. The molecule has 50 heavy (non-hydrogen) atoms. The summed E-state index contributed by atoms with van der Waals surface area (Å²) in [5.41, 5.74) is 12.1. The van der Waals surface area contributed by atoms with Crippen LogP contribution in [0.1, 0.15) is 25.0 Å². The van der Waals surface area contributed by atoms with Crippen LogP contribution in [0.2, 0.25) is 0 Å². The molecule has 0 amide bonds. The fourth-order valence-electron chi connectivity index (χ4n) is 9.04. The minimum Gasteiger partial charge on any atom is -0.456 e. The highest BCUT2D eigenvalue weighted by atomic mass is 16.3. The van der Waals surface area contributed by atoms with Gasteiger partial charge in [0.1, 0.15) is 11.2 Å². The van der Waals surface area contributed by atoms with Crippen LogP contribution in [0, 0.1) is 0 Å². The molecule has 0 aliphatic heterocycles. The van der Waals surface area contributed by atoms with Crippen LogP contribution in [0.5, 0.6) is 0 Å². The van der Waals surface area contributed by atoms with Crippen molar-refractivity contribution in [2.45, 2.75) is 19.3 Å². The minimum absolute atomic E-state index is 0.113. The Morgan fingerprint density at radius 1 is 0.360 bits per heavy atom. The van der Waals surface area contributed by atoms with E-state index in [-0.39, 0.29) is 5.41 Å². The molecule has 0 N–H and O–H groups in total. The van der Waals surface area contributed by atoms with Crippen molar-refractivity contribution in [1.29, 1.82) is 0 Å². The highest BCUT2D eigenvalue weighted by molar-refractivity contribution is 6.20. The first kappa shape index (κ1) is 27.7. The summed E-state index contributed by atoms with van der Waals surface area (Å²) in [5, 5.41) is 12.6. The second-order valence-corrected chi connectivity index (χ2v) is 14.4. The summed E-state index contributed by atoms with van der Waals surface area (Å²) >= 11 is 0. The Bertz CT molecular complexity index is 3060. The van der Waals surface area contributed by atoms with Gasteiger partial charge in [-0.3, -0.25) is 0 Å². The number of rotatable bonds is 2. The number of furan rings is 1. The van der Waals surface area contributed by atoms with Crippen LogP contribution in [-0.2, 0) is 5.41 Å². The molecule has 0 atom stereocenters. The van der Waals surface area contributed by atoms with E-state index in [1.54, 1.807) is 0 Å². The molecule has 10 aromatic rings. The molecule has 1 aromatic heterocycles. The Labute approximate surface area is 290 Å². The van der Waals surface area contributed by atoms with Crippen LogP contribution in [-0.4, -0.2) is 0 Å². The van der Waals surface area contributed by atoms with Crippen LogP contribution in [0.15, 0.2) is 162 Å². The minimum atomic E-state index is -0.113. The molecule has 1 heterocycles. The highest BCUT2D eigenvalue weighted by Crippen LogP contribution is 2.53. The molecule has 0 saturated carbocycles. The summed E-state index contributed by atoms with van der Waals surface area (Å²) in [5.74, 6) is 0. The summed E-state index contributed by atoms with van der Waals surface area (Å²) in [6, 6.07) is 58.3. The molecule has 1 heteroatoms. The molecule has 0 spiro atoms. The average molecular weight is 637 g/mol. The van der Waals surface area contributed by atoms with Crippen LogP contribution < -0.4 is 0 Å². The molecule has 1 aliphatic rings. The maximum Gasteiger partial charge on any atom is 0.136 e. The molecule has 1 nitrogen and oxygen atoms in total. The Morgan fingerprint density at radius 3 is 1.92 bits per heavy atom. The van der Waals surface area contributed by atoms with E-state index in [0.29, 0.717) is 0 Å². The van der Waals surface area contributed by atoms with Gasteiger partial charge in [0.05, 0.1) is 0 Å². The molecule has 234 valence electrons. The molecule has 0 radical (unpaired) electrons. The van der Waals surface area contributed by atoms with E-state index in [2.05, 4.69) is 159 Å². The van der Waals surface area contributed by atoms with Gasteiger partial charge in [0, 0.05) is 16.2 Å². The summed E-state index contributed by atoms with van der Waals surface area (Å²) < 4.78 is 6.31. The lowest BCUT2D eigenvalue weighted by Crippen LogP contribution is -2.14. The standard InChI is InChI=1S/C49H32O/c1-49(2)43-24-20-32(47-35-13-6-4-11-30(35)26-41-33-12-5-3-10-29(33)18-22-40(41)47)27-42(43)48-39-16-9-15-34(36(39)23-25-44(48)49)31-19-21-38-37-14-7-8-17-45(37)50-46(38)28-31/h3-28H,1-2H3. The molecule has 1 aliphatic carbocycles. The molecule has 9 aromatic carbocycles. The maximum absolute atomic E-state index is 6.31. The van der Waals surface area contributed by atoms with Crippen molar-refractivity contribution in [3.8, 4) is 33.4 Å². The molecular formula is C49H32O. The molecule has 0 fully saturated rings. The van der Waals surface area contributed by atoms with Crippen LogP contribution in [0.3, 0.4) is 0 Å². The lowest BCUT2D eigenvalue weighted by Gasteiger charge is -2.22. The predicted molar refractivity (Wildman–Crippen MR) is 212 cm³/mol. The lowest BCUT2D eigenvalue weighted by molar-refractivity contribution is 0.661. The Hall–Kier alpha value is -6.18. The van der Waals surface area contributed by atoms with Crippen molar-refractivity contribution in [1.82, 2.24) is 0 Å². The zero-order valence-electron chi connectivity index (χ0n) is 27.9. The van der Waals surface area contributed by atoms with Gasteiger partial charge >= 0.3 is 0 Å². The van der Waals surface area contributed by atoms with E-state index < -0.39 is 0 Å². The second kappa shape index (κ2) is 9.94. The first-order valence-electron chi connectivity index (χ1n) is 17.5. The van der Waals surface area contributed by atoms with Crippen LogP contribution in [0.4, 0.5) is 0 Å². The zero-order valence-corrected chi connectivity index (χ0v) is 27.9. The van der Waals surface area contributed by atoms with Crippen LogP contribution >= 0.6 is 0 Å². The topological polar surface area (TPSA) is 13.1 Å². The number of hydrogen-bond acceptors (Lipinski definition) is 1. The van der Waals surface area contributed by atoms with Gasteiger partial charge in [0.2, 0.25) is 0 Å². The van der Waals surface area contributed by atoms with Gasteiger partial charge < -0.3 is 4.42 Å². The third-order valence-corrected chi connectivity index (χ3v) is 11.4. The van der Waals surface area contributed by atoms with Gasteiger partial charge in [-0.05, 0) is 118 Å². The third-order valence-electron chi connectivity index (χ3n) is 11.4. The highest BCUT2D eigenvalue weighted by Gasteiger charge is 2.37. The second-order valence-electron chi connectivity index (χ2n) is 14.4. The van der Waals surface area contributed by atoms with Crippen molar-refractivity contribution in [2.75, 3.05) is 0 Å². The van der Waals surface area contributed by atoms with Crippen molar-refractivity contribution in [3.63, 3.8) is 0 Å². The smallest absolute Gasteiger partial charge is 0.136 e. The third kappa shape index (κ3) is 3.72. The number of para-hydroxylation sites is 1. The van der Waals surface area contributed by atoms with Crippen molar-refractivity contribution in [2.24, 2.45) is 0 Å². The molecule has 11 rings (SSSR count). The Kier molecular flexibility index (Phi) is 5.51. The molecular weight excluding hydrogens is 605 g/mol. The first-order valence-corrected chi connectivity index (χ1v) is 17.5. The number of fused-ring (bicyclic) bond motifs is 12. The van der Waals surface area contributed by atoms with E-state index in [1.165, 1.54) is 87.6 Å². The molecule has 0 saturated heterocycles. The summed E-state index contributed by atoms with van der Waals surface area (Å²) in [4.78, 5) is 0. The summed E-state index contributed by atoms with van der Waals surface area (Å²) in [7, 11) is 0. The van der Waals surface area contributed by atoms with Gasteiger partial charge in [-0.25, -0.2) is 0 Å². The fourth-order valence-corrected chi connectivity index (χ4v) is 9.04.